The fourth-order valence-corrected chi connectivity index (χ4v) is 3.49. The molecule has 2 N–H and O–H groups in total. The monoisotopic (exact) mass is 289 g/mol. The van der Waals surface area contributed by atoms with E-state index in [9.17, 15) is 9.90 Å². The van der Waals surface area contributed by atoms with Crippen LogP contribution in [0.5, 0.6) is 0 Å². The summed E-state index contributed by atoms with van der Waals surface area (Å²) in [6, 6.07) is 3.71. The van der Waals surface area contributed by atoms with Gasteiger partial charge in [-0.2, -0.15) is 0 Å². The van der Waals surface area contributed by atoms with Crippen LogP contribution < -0.4 is 5.32 Å². The first-order valence-electron chi connectivity index (χ1n) is 7.86. The highest BCUT2D eigenvalue weighted by atomic mass is 16.3. The van der Waals surface area contributed by atoms with E-state index in [-0.39, 0.29) is 17.9 Å². The minimum atomic E-state index is -0.238. The Labute approximate surface area is 125 Å². The summed E-state index contributed by atoms with van der Waals surface area (Å²) in [5, 5.41) is 13.2. The Morgan fingerprint density at radius 3 is 3.10 bits per heavy atom. The Kier molecular flexibility index (Phi) is 4.10. The molecule has 1 aliphatic carbocycles. The number of nitrogens with one attached hydrogen (secondary N) is 1. The zero-order chi connectivity index (χ0) is 14.8. The second-order valence-electron chi connectivity index (χ2n) is 6.14. The summed E-state index contributed by atoms with van der Waals surface area (Å²) < 4.78 is 0. The summed E-state index contributed by atoms with van der Waals surface area (Å²) in [6.07, 6.45) is 4.39. The van der Waals surface area contributed by atoms with E-state index in [2.05, 4.69) is 17.2 Å². The van der Waals surface area contributed by atoms with Crippen molar-refractivity contribution in [3.05, 3.63) is 24.0 Å². The van der Waals surface area contributed by atoms with Gasteiger partial charge in [-0.05, 0) is 37.3 Å². The third-order valence-electron chi connectivity index (χ3n) is 4.66. The molecule has 0 radical (unpaired) electrons. The van der Waals surface area contributed by atoms with Crippen LogP contribution in [0.2, 0.25) is 0 Å². The molecular formula is C16H23N3O2. The summed E-state index contributed by atoms with van der Waals surface area (Å²) in [5.41, 5.74) is 1.43. The van der Waals surface area contributed by atoms with Crippen molar-refractivity contribution in [3.63, 3.8) is 0 Å². The molecule has 2 aliphatic rings. The Morgan fingerprint density at radius 1 is 1.48 bits per heavy atom. The number of aromatic nitrogens is 1. The van der Waals surface area contributed by atoms with Crippen molar-refractivity contribution in [2.24, 2.45) is 11.8 Å². The second kappa shape index (κ2) is 6.02. The number of rotatable bonds is 4. The van der Waals surface area contributed by atoms with Gasteiger partial charge in [-0.3, -0.25) is 9.78 Å². The molecule has 114 valence electrons. The Hall–Kier alpha value is -1.62. The highest BCUT2D eigenvalue weighted by Gasteiger charge is 2.43. The largest absolute Gasteiger partial charge is 0.393 e. The molecule has 0 aromatic carbocycles. The second-order valence-corrected chi connectivity index (χ2v) is 6.14. The van der Waals surface area contributed by atoms with Crippen LogP contribution in [0.1, 0.15) is 36.7 Å². The number of likely N-dealkylation sites (tertiary alicyclic amines) is 1. The van der Waals surface area contributed by atoms with Crippen LogP contribution in [0.3, 0.4) is 0 Å². The van der Waals surface area contributed by atoms with Crippen molar-refractivity contribution < 1.29 is 9.90 Å². The number of aliphatic hydroxyl groups excluding tert-OH is 1. The lowest BCUT2D eigenvalue weighted by molar-refractivity contribution is 0.0747. The molecule has 1 amide bonds. The SMILES string of the molecule is CCCNc1ccnc(C(=O)N2CC3CCC(O)C3C2)c1. The molecule has 3 unspecified atom stereocenters. The average Bonchev–Trinajstić information content (AvgIpc) is 3.07. The number of anilines is 1. The summed E-state index contributed by atoms with van der Waals surface area (Å²) >= 11 is 0. The molecule has 1 saturated heterocycles. The number of amides is 1. The topological polar surface area (TPSA) is 65.5 Å². The number of hydrogen-bond acceptors (Lipinski definition) is 4. The van der Waals surface area contributed by atoms with E-state index in [4.69, 9.17) is 0 Å². The van der Waals surface area contributed by atoms with Crippen LogP contribution in [0.25, 0.3) is 0 Å². The average molecular weight is 289 g/mol. The number of carbonyl (C=O) groups is 1. The van der Waals surface area contributed by atoms with Crippen molar-refractivity contribution in [1.29, 1.82) is 0 Å². The number of aliphatic hydroxyl groups is 1. The molecule has 2 heterocycles. The minimum absolute atomic E-state index is 0.0169. The van der Waals surface area contributed by atoms with Crippen molar-refractivity contribution >= 4 is 11.6 Å². The summed E-state index contributed by atoms with van der Waals surface area (Å²) in [4.78, 5) is 18.6. The van der Waals surface area contributed by atoms with Gasteiger partial charge in [0.1, 0.15) is 5.69 Å². The van der Waals surface area contributed by atoms with Crippen LogP contribution in [0, 0.1) is 11.8 Å². The standard InChI is InChI=1S/C16H23N3O2/c1-2-6-17-12-5-7-18-14(8-12)16(21)19-9-11-3-4-15(20)13(11)10-19/h5,7-8,11,13,15,20H,2-4,6,9-10H2,1H3,(H,17,18). The van der Waals surface area contributed by atoms with Crippen molar-refractivity contribution in [2.45, 2.75) is 32.3 Å². The van der Waals surface area contributed by atoms with Gasteiger partial charge in [0.2, 0.25) is 0 Å². The molecule has 1 saturated carbocycles. The molecule has 1 aromatic rings. The number of carbonyl (C=O) groups excluding carboxylic acids is 1. The quantitative estimate of drug-likeness (QED) is 0.886. The molecule has 0 spiro atoms. The highest BCUT2D eigenvalue weighted by molar-refractivity contribution is 5.93. The Balaban J connectivity index is 1.68. The van der Waals surface area contributed by atoms with Gasteiger partial charge in [0.15, 0.2) is 0 Å². The molecule has 1 aliphatic heterocycles. The van der Waals surface area contributed by atoms with Crippen molar-refractivity contribution in [2.75, 3.05) is 25.0 Å². The fourth-order valence-electron chi connectivity index (χ4n) is 3.49. The lowest BCUT2D eigenvalue weighted by atomic mass is 10.00. The zero-order valence-corrected chi connectivity index (χ0v) is 12.5. The van der Waals surface area contributed by atoms with Gasteiger partial charge in [0.05, 0.1) is 6.10 Å². The maximum atomic E-state index is 12.6. The smallest absolute Gasteiger partial charge is 0.272 e. The van der Waals surface area contributed by atoms with Gasteiger partial charge >= 0.3 is 0 Å². The maximum absolute atomic E-state index is 12.6. The van der Waals surface area contributed by atoms with Gasteiger partial charge in [-0.1, -0.05) is 6.92 Å². The zero-order valence-electron chi connectivity index (χ0n) is 12.5. The van der Waals surface area contributed by atoms with Gasteiger partial charge < -0.3 is 15.3 Å². The summed E-state index contributed by atoms with van der Waals surface area (Å²) in [6.45, 7) is 4.42. The Bertz CT molecular complexity index is 520. The van der Waals surface area contributed by atoms with E-state index < -0.39 is 0 Å². The van der Waals surface area contributed by atoms with E-state index in [1.54, 1.807) is 6.20 Å². The lowest BCUT2D eigenvalue weighted by Gasteiger charge is -2.18. The number of nitrogens with zero attached hydrogens (tertiary/aromatic N) is 2. The molecule has 21 heavy (non-hydrogen) atoms. The van der Waals surface area contributed by atoms with Crippen LogP contribution in [0.4, 0.5) is 5.69 Å². The first-order chi connectivity index (χ1) is 10.2. The van der Waals surface area contributed by atoms with Crippen LogP contribution >= 0.6 is 0 Å². The van der Waals surface area contributed by atoms with Gasteiger partial charge in [-0.15, -0.1) is 0 Å². The third kappa shape index (κ3) is 2.88. The molecule has 5 heteroatoms. The van der Waals surface area contributed by atoms with Gasteiger partial charge in [0, 0.05) is 37.4 Å². The predicted octanol–water partition coefficient (Wildman–Crippen LogP) is 1.75. The molecule has 3 atom stereocenters. The predicted molar refractivity (Wildman–Crippen MR) is 81.1 cm³/mol. The Morgan fingerprint density at radius 2 is 2.33 bits per heavy atom. The molecular weight excluding hydrogens is 266 g/mol. The van der Waals surface area contributed by atoms with Crippen molar-refractivity contribution in [3.8, 4) is 0 Å². The van der Waals surface area contributed by atoms with Crippen molar-refractivity contribution in [1.82, 2.24) is 9.88 Å². The molecule has 0 bridgehead atoms. The van der Waals surface area contributed by atoms with E-state index >= 15 is 0 Å². The number of pyridine rings is 1. The maximum Gasteiger partial charge on any atom is 0.272 e. The molecule has 1 aromatic heterocycles. The summed E-state index contributed by atoms with van der Waals surface area (Å²) in [7, 11) is 0. The van der Waals surface area contributed by atoms with Crippen LogP contribution in [-0.2, 0) is 0 Å². The highest BCUT2D eigenvalue weighted by Crippen LogP contribution is 2.38. The van der Waals surface area contributed by atoms with Crippen LogP contribution in [0.15, 0.2) is 18.3 Å². The van der Waals surface area contributed by atoms with E-state index in [1.165, 1.54) is 0 Å². The van der Waals surface area contributed by atoms with E-state index in [0.717, 1.165) is 38.0 Å². The third-order valence-corrected chi connectivity index (χ3v) is 4.66. The lowest BCUT2D eigenvalue weighted by Crippen LogP contribution is -2.31. The molecule has 2 fully saturated rings. The molecule has 5 nitrogen and oxygen atoms in total. The molecule has 3 rings (SSSR count). The normalized spacial score (nSPS) is 27.7. The van der Waals surface area contributed by atoms with Crippen LogP contribution in [-0.4, -0.2) is 46.6 Å². The van der Waals surface area contributed by atoms with E-state index in [1.807, 2.05) is 17.0 Å². The minimum Gasteiger partial charge on any atom is -0.393 e. The van der Waals surface area contributed by atoms with Gasteiger partial charge in [-0.25, -0.2) is 0 Å². The number of fused-ring (bicyclic) bond motifs is 1. The first kappa shape index (κ1) is 14.3. The number of hydrogen-bond donors (Lipinski definition) is 2. The fraction of sp³-hybridized carbons (Fsp3) is 0.625. The first-order valence-corrected chi connectivity index (χ1v) is 7.86. The van der Waals surface area contributed by atoms with Gasteiger partial charge in [0.25, 0.3) is 5.91 Å². The summed E-state index contributed by atoms with van der Waals surface area (Å²) in [5.74, 6) is 0.706. The van der Waals surface area contributed by atoms with E-state index in [0.29, 0.717) is 18.2 Å².